The molecule has 3 aromatic rings. The Labute approximate surface area is 172 Å². The number of benzene rings is 3. The Kier molecular flexibility index (Phi) is 6.75. The van der Waals surface area contributed by atoms with Gasteiger partial charge in [0, 0.05) is 0 Å². The maximum Gasteiger partial charge on any atom is 0.488 e. The molecule has 0 amide bonds. The first-order valence-corrected chi connectivity index (χ1v) is 9.55. The summed E-state index contributed by atoms with van der Waals surface area (Å²) in [6.07, 6.45) is 0.796. The Morgan fingerprint density at radius 3 is 1.97 bits per heavy atom. The van der Waals surface area contributed by atoms with Gasteiger partial charge in [0.1, 0.15) is 11.5 Å². The van der Waals surface area contributed by atoms with Crippen LogP contribution in [0.2, 0.25) is 0 Å². The first-order valence-electron chi connectivity index (χ1n) is 9.55. The van der Waals surface area contributed by atoms with E-state index in [-0.39, 0.29) is 0 Å². The van der Waals surface area contributed by atoms with E-state index in [1.165, 1.54) is 0 Å². The molecule has 3 aromatic carbocycles. The molecule has 0 saturated heterocycles. The molecule has 29 heavy (non-hydrogen) atoms. The largest absolute Gasteiger partial charge is 0.497 e. The van der Waals surface area contributed by atoms with Crippen molar-refractivity contribution in [2.24, 2.45) is 0 Å². The van der Waals surface area contributed by atoms with Gasteiger partial charge in [0.2, 0.25) is 0 Å². The number of ether oxygens (including phenoxy) is 2. The van der Waals surface area contributed by atoms with Crippen LogP contribution in [0.1, 0.15) is 30.0 Å². The van der Waals surface area contributed by atoms with Crippen LogP contribution < -0.4 is 14.9 Å². The minimum Gasteiger partial charge on any atom is -0.497 e. The molecule has 0 aliphatic rings. The minimum atomic E-state index is -1.58. The lowest BCUT2D eigenvalue weighted by molar-refractivity contribution is 0.412. The van der Waals surface area contributed by atoms with Crippen LogP contribution in [-0.4, -0.2) is 31.4 Å². The molecule has 0 aliphatic carbocycles. The molecule has 0 fully saturated rings. The van der Waals surface area contributed by atoms with Crippen LogP contribution in [0, 0.1) is 0 Å². The highest BCUT2D eigenvalue weighted by Crippen LogP contribution is 2.35. The fraction of sp³-hybridized carbons (Fsp3) is 0.167. The highest BCUT2D eigenvalue weighted by molar-refractivity contribution is 6.58. The smallest absolute Gasteiger partial charge is 0.488 e. The Morgan fingerprint density at radius 1 is 0.759 bits per heavy atom. The maximum absolute atomic E-state index is 9.76. The van der Waals surface area contributed by atoms with Crippen molar-refractivity contribution in [1.82, 2.24) is 0 Å². The summed E-state index contributed by atoms with van der Waals surface area (Å²) in [5.41, 5.74) is 5.56. The lowest BCUT2D eigenvalue weighted by atomic mass is 9.77. The number of methoxy groups -OCH3 is 2. The lowest BCUT2D eigenvalue weighted by Gasteiger charge is -2.18. The average Bonchev–Trinajstić information content (AvgIpc) is 2.77. The van der Waals surface area contributed by atoms with Gasteiger partial charge >= 0.3 is 7.12 Å². The van der Waals surface area contributed by atoms with Crippen LogP contribution in [0.5, 0.6) is 11.5 Å². The summed E-state index contributed by atoms with van der Waals surface area (Å²) in [6, 6.07) is 23.4. The molecule has 0 aromatic heterocycles. The monoisotopic (exact) mass is 388 g/mol. The maximum atomic E-state index is 9.76. The van der Waals surface area contributed by atoms with Crippen LogP contribution in [0.15, 0.2) is 72.8 Å². The summed E-state index contributed by atoms with van der Waals surface area (Å²) in [5, 5.41) is 19.5. The van der Waals surface area contributed by atoms with E-state index in [1.807, 2.05) is 48.5 Å². The van der Waals surface area contributed by atoms with E-state index >= 15 is 0 Å². The van der Waals surface area contributed by atoms with Crippen molar-refractivity contribution in [2.45, 2.75) is 13.3 Å². The predicted molar refractivity (Wildman–Crippen MR) is 118 cm³/mol. The second-order valence-corrected chi connectivity index (χ2v) is 6.67. The molecule has 2 N–H and O–H groups in total. The Bertz CT molecular complexity index is 980. The first kappa shape index (κ1) is 20.7. The van der Waals surface area contributed by atoms with Crippen LogP contribution in [0.3, 0.4) is 0 Å². The molecule has 0 bridgehead atoms. The van der Waals surface area contributed by atoms with Gasteiger partial charge in [-0.05, 0) is 64.0 Å². The summed E-state index contributed by atoms with van der Waals surface area (Å²) < 4.78 is 10.7. The van der Waals surface area contributed by atoms with Crippen LogP contribution in [0.25, 0.3) is 11.1 Å². The van der Waals surface area contributed by atoms with Gasteiger partial charge in [0.15, 0.2) is 0 Å². The predicted octanol–water partition coefficient (Wildman–Crippen LogP) is 3.75. The normalized spacial score (nSPS) is 11.6. The zero-order valence-corrected chi connectivity index (χ0v) is 16.9. The van der Waals surface area contributed by atoms with Crippen molar-refractivity contribution in [1.29, 1.82) is 0 Å². The average molecular weight is 388 g/mol. The van der Waals surface area contributed by atoms with Gasteiger partial charge in [0.25, 0.3) is 0 Å². The summed E-state index contributed by atoms with van der Waals surface area (Å²) in [4.78, 5) is 0. The molecule has 0 heterocycles. The van der Waals surface area contributed by atoms with Crippen LogP contribution in [-0.2, 0) is 0 Å². The molecule has 0 saturated carbocycles. The molecular weight excluding hydrogens is 363 g/mol. The van der Waals surface area contributed by atoms with E-state index < -0.39 is 7.12 Å². The molecule has 4 nitrogen and oxygen atoms in total. The SMILES string of the molecule is CC/C(=C(/c1ccccc1)c1cc(OC)cc(B(O)O)c1)c1ccc(OC)cc1. The van der Waals surface area contributed by atoms with E-state index in [2.05, 4.69) is 19.1 Å². The zero-order valence-electron chi connectivity index (χ0n) is 16.9. The van der Waals surface area contributed by atoms with Crippen LogP contribution in [0.4, 0.5) is 0 Å². The summed E-state index contributed by atoms with van der Waals surface area (Å²) in [7, 11) is 1.65. The number of hydrogen-bond donors (Lipinski definition) is 2. The fourth-order valence-electron chi connectivity index (χ4n) is 3.47. The minimum absolute atomic E-state index is 0.387. The number of allylic oxidation sites excluding steroid dienone is 1. The summed E-state index contributed by atoms with van der Waals surface area (Å²) in [5.74, 6) is 1.38. The van der Waals surface area contributed by atoms with E-state index in [0.29, 0.717) is 11.2 Å². The van der Waals surface area contributed by atoms with Crippen molar-refractivity contribution in [2.75, 3.05) is 14.2 Å². The third kappa shape index (κ3) is 4.70. The fourth-order valence-corrected chi connectivity index (χ4v) is 3.47. The zero-order chi connectivity index (χ0) is 20.8. The van der Waals surface area contributed by atoms with Gasteiger partial charge in [-0.15, -0.1) is 0 Å². The molecule has 0 aliphatic heterocycles. The standard InChI is InChI=1S/C24H25BO4/c1-4-23(17-10-12-21(28-2)13-11-17)24(18-8-6-5-7-9-18)19-14-20(25(26)27)16-22(15-19)29-3/h5-16,26-27H,4H2,1-3H3/b24-23+. The van der Waals surface area contributed by atoms with Crippen molar-refractivity contribution in [3.8, 4) is 11.5 Å². The molecule has 5 heteroatoms. The topological polar surface area (TPSA) is 58.9 Å². The first-order chi connectivity index (χ1) is 14.1. The van der Waals surface area contributed by atoms with Crippen molar-refractivity contribution in [3.63, 3.8) is 0 Å². The van der Waals surface area contributed by atoms with Gasteiger partial charge in [-0.3, -0.25) is 0 Å². The van der Waals surface area contributed by atoms with E-state index in [9.17, 15) is 10.0 Å². The Hall–Kier alpha value is -3.02. The molecule has 0 atom stereocenters. The van der Waals surface area contributed by atoms with Gasteiger partial charge in [0.05, 0.1) is 14.2 Å². The van der Waals surface area contributed by atoms with Gasteiger partial charge in [-0.2, -0.15) is 0 Å². The Balaban J connectivity index is 2.30. The quantitative estimate of drug-likeness (QED) is 0.478. The summed E-state index contributed by atoms with van der Waals surface area (Å²) >= 11 is 0. The second kappa shape index (κ2) is 9.46. The third-order valence-corrected chi connectivity index (χ3v) is 4.91. The van der Waals surface area contributed by atoms with Gasteiger partial charge in [-0.25, -0.2) is 0 Å². The molecule has 0 spiro atoms. The highest BCUT2D eigenvalue weighted by atomic mass is 16.5. The molecular formula is C24H25BO4. The molecule has 3 rings (SSSR count). The molecule has 148 valence electrons. The second-order valence-electron chi connectivity index (χ2n) is 6.67. The number of hydrogen-bond acceptors (Lipinski definition) is 4. The van der Waals surface area contributed by atoms with Crippen LogP contribution >= 0.6 is 0 Å². The van der Waals surface area contributed by atoms with E-state index in [0.717, 1.165) is 40.0 Å². The molecule has 0 unspecified atom stereocenters. The van der Waals surface area contributed by atoms with Gasteiger partial charge < -0.3 is 19.5 Å². The molecule has 0 radical (unpaired) electrons. The Morgan fingerprint density at radius 2 is 1.41 bits per heavy atom. The third-order valence-electron chi connectivity index (χ3n) is 4.91. The van der Waals surface area contributed by atoms with E-state index in [1.54, 1.807) is 26.4 Å². The van der Waals surface area contributed by atoms with Crippen molar-refractivity contribution < 1.29 is 19.5 Å². The van der Waals surface area contributed by atoms with E-state index in [4.69, 9.17) is 9.47 Å². The van der Waals surface area contributed by atoms with Crippen molar-refractivity contribution >= 4 is 23.7 Å². The number of rotatable bonds is 7. The van der Waals surface area contributed by atoms with Gasteiger partial charge in [-0.1, -0.05) is 55.5 Å². The highest BCUT2D eigenvalue weighted by Gasteiger charge is 2.18. The van der Waals surface area contributed by atoms with Crippen molar-refractivity contribution in [3.05, 3.63) is 89.5 Å². The lowest BCUT2D eigenvalue weighted by Crippen LogP contribution is -2.30. The summed E-state index contributed by atoms with van der Waals surface area (Å²) in [6.45, 7) is 2.12.